The molecule has 0 aliphatic heterocycles. The second-order valence-corrected chi connectivity index (χ2v) is 4.95. The molecule has 1 aromatic rings. The van der Waals surface area contributed by atoms with Gasteiger partial charge in [0, 0.05) is 12.1 Å². The molecule has 0 aromatic carbocycles. The molecule has 1 heterocycles. The number of pyridine rings is 1. The Morgan fingerprint density at radius 2 is 1.71 bits per heavy atom. The molecule has 2 amide bonds. The van der Waals surface area contributed by atoms with Gasteiger partial charge < -0.3 is 20.5 Å². The summed E-state index contributed by atoms with van der Waals surface area (Å²) in [5.74, 6) is -5.78. The maximum Gasteiger partial charge on any atom is 0.320 e. The summed E-state index contributed by atoms with van der Waals surface area (Å²) in [7, 11) is 2.19. The Morgan fingerprint density at radius 1 is 1.12 bits per heavy atom. The van der Waals surface area contributed by atoms with Crippen molar-refractivity contribution in [1.82, 2.24) is 10.3 Å². The number of nitrogens with two attached hydrogens (primary N) is 1. The summed E-state index contributed by atoms with van der Waals surface area (Å²) >= 11 is 0. The van der Waals surface area contributed by atoms with Crippen molar-refractivity contribution in [1.29, 1.82) is 0 Å². The molecule has 3 N–H and O–H groups in total. The highest BCUT2D eigenvalue weighted by atomic mass is 16.5. The van der Waals surface area contributed by atoms with E-state index in [-0.39, 0.29) is 5.69 Å². The van der Waals surface area contributed by atoms with Gasteiger partial charge in [0.05, 0.1) is 14.2 Å². The van der Waals surface area contributed by atoms with Crippen molar-refractivity contribution < 1.29 is 28.7 Å². The van der Waals surface area contributed by atoms with Crippen LogP contribution >= 0.6 is 0 Å². The van der Waals surface area contributed by atoms with Gasteiger partial charge in [-0.2, -0.15) is 0 Å². The first-order valence-corrected chi connectivity index (χ1v) is 7.00. The maximum atomic E-state index is 12.2. The van der Waals surface area contributed by atoms with Crippen LogP contribution in [0.5, 0.6) is 0 Å². The van der Waals surface area contributed by atoms with Gasteiger partial charge in [0.1, 0.15) is 11.7 Å². The van der Waals surface area contributed by atoms with Crippen molar-refractivity contribution in [2.75, 3.05) is 14.2 Å². The Bertz CT molecular complexity index is 603. The summed E-state index contributed by atoms with van der Waals surface area (Å²) in [4.78, 5) is 51.4. The van der Waals surface area contributed by atoms with Crippen LogP contribution in [0, 0.1) is 11.8 Å². The molecule has 9 heteroatoms. The number of esters is 2. The van der Waals surface area contributed by atoms with Crippen molar-refractivity contribution in [2.45, 2.75) is 13.0 Å². The van der Waals surface area contributed by atoms with E-state index in [0.29, 0.717) is 0 Å². The fourth-order valence-corrected chi connectivity index (χ4v) is 2.15. The monoisotopic (exact) mass is 337 g/mol. The fraction of sp³-hybridized carbons (Fsp3) is 0.400. The quantitative estimate of drug-likeness (QED) is 0.494. The lowest BCUT2D eigenvalue weighted by atomic mass is 9.86. The first kappa shape index (κ1) is 19.1. The smallest absolute Gasteiger partial charge is 0.320 e. The van der Waals surface area contributed by atoms with Crippen molar-refractivity contribution in [2.24, 2.45) is 17.6 Å². The molecule has 0 spiro atoms. The largest absolute Gasteiger partial charge is 0.468 e. The van der Waals surface area contributed by atoms with E-state index in [1.54, 1.807) is 12.1 Å². The summed E-state index contributed by atoms with van der Waals surface area (Å²) in [5.41, 5.74) is 5.37. The van der Waals surface area contributed by atoms with E-state index in [9.17, 15) is 19.2 Å². The maximum absolute atomic E-state index is 12.2. The first-order chi connectivity index (χ1) is 11.3. The molecule has 24 heavy (non-hydrogen) atoms. The number of amides is 2. The number of methoxy groups -OCH3 is 2. The number of rotatable bonds is 7. The van der Waals surface area contributed by atoms with Crippen molar-refractivity contribution in [3.63, 3.8) is 0 Å². The molecule has 0 aliphatic rings. The van der Waals surface area contributed by atoms with Crippen molar-refractivity contribution in [3.8, 4) is 0 Å². The molecule has 1 aromatic heterocycles. The van der Waals surface area contributed by atoms with E-state index in [4.69, 9.17) is 5.73 Å². The second kappa shape index (κ2) is 8.61. The Morgan fingerprint density at radius 3 is 2.12 bits per heavy atom. The van der Waals surface area contributed by atoms with E-state index in [2.05, 4.69) is 19.8 Å². The third-order valence-corrected chi connectivity index (χ3v) is 3.45. The minimum Gasteiger partial charge on any atom is -0.468 e. The zero-order chi connectivity index (χ0) is 18.3. The molecule has 130 valence electrons. The second-order valence-electron chi connectivity index (χ2n) is 4.95. The average Bonchev–Trinajstić information content (AvgIpc) is 2.59. The van der Waals surface area contributed by atoms with E-state index < -0.39 is 41.6 Å². The van der Waals surface area contributed by atoms with Gasteiger partial charge in [-0.1, -0.05) is 13.0 Å². The molecule has 0 radical (unpaired) electrons. The number of primary amides is 1. The van der Waals surface area contributed by atoms with Crippen LogP contribution in [-0.4, -0.2) is 49.0 Å². The molecule has 9 nitrogen and oxygen atoms in total. The van der Waals surface area contributed by atoms with Gasteiger partial charge >= 0.3 is 11.9 Å². The molecule has 0 fully saturated rings. The molecule has 1 rings (SSSR count). The summed E-state index contributed by atoms with van der Waals surface area (Å²) in [6, 6.07) is 3.35. The zero-order valence-electron chi connectivity index (χ0n) is 13.5. The number of hydrogen-bond donors (Lipinski definition) is 2. The number of nitrogens with zero attached hydrogens (tertiary/aromatic N) is 1. The molecule has 0 saturated heterocycles. The average molecular weight is 337 g/mol. The Labute approximate surface area is 138 Å². The normalized spacial score (nSPS) is 12.8. The van der Waals surface area contributed by atoms with Gasteiger partial charge in [-0.25, -0.2) is 0 Å². The highest BCUT2D eigenvalue weighted by Gasteiger charge is 2.41. The van der Waals surface area contributed by atoms with Crippen LogP contribution in [-0.2, 0) is 23.9 Å². The molecular formula is C15H19N3O6. The third kappa shape index (κ3) is 4.51. The van der Waals surface area contributed by atoms with E-state index in [1.807, 2.05) is 0 Å². The fourth-order valence-electron chi connectivity index (χ4n) is 2.15. The van der Waals surface area contributed by atoms with Gasteiger partial charge in [0.25, 0.3) is 5.91 Å². The highest BCUT2D eigenvalue weighted by Crippen LogP contribution is 2.19. The highest BCUT2D eigenvalue weighted by molar-refractivity contribution is 5.98. The van der Waals surface area contributed by atoms with Crippen LogP contribution in [0.4, 0.5) is 0 Å². The summed E-state index contributed by atoms with van der Waals surface area (Å²) in [6.45, 7) is 1.41. The molecular weight excluding hydrogens is 318 g/mol. The van der Waals surface area contributed by atoms with Crippen LogP contribution in [0.25, 0.3) is 0 Å². The minimum absolute atomic E-state index is 0.0589. The topological polar surface area (TPSA) is 138 Å². The Kier molecular flexibility index (Phi) is 6.84. The lowest BCUT2D eigenvalue weighted by Gasteiger charge is -2.26. The number of carbonyl (C=O) groups excluding carboxylic acids is 4. The van der Waals surface area contributed by atoms with Crippen LogP contribution < -0.4 is 11.1 Å². The number of nitrogens with one attached hydrogen (secondary N) is 1. The SMILES string of the molecule is COC(=O)C(C(=O)OC)[C@@H](C)[C@H](NC(=O)c1ccccn1)C(N)=O. The number of aromatic nitrogens is 1. The van der Waals surface area contributed by atoms with Crippen LogP contribution in [0.1, 0.15) is 17.4 Å². The van der Waals surface area contributed by atoms with Gasteiger partial charge in [-0.05, 0) is 12.1 Å². The van der Waals surface area contributed by atoms with E-state index in [1.165, 1.54) is 19.2 Å². The van der Waals surface area contributed by atoms with Gasteiger partial charge in [0.15, 0.2) is 5.92 Å². The third-order valence-electron chi connectivity index (χ3n) is 3.45. The summed E-state index contributed by atoms with van der Waals surface area (Å²) in [5, 5.41) is 2.38. The minimum atomic E-state index is -1.42. The summed E-state index contributed by atoms with van der Waals surface area (Å²) < 4.78 is 9.12. The first-order valence-electron chi connectivity index (χ1n) is 7.00. The molecule has 0 unspecified atom stereocenters. The van der Waals surface area contributed by atoms with E-state index in [0.717, 1.165) is 14.2 Å². The predicted octanol–water partition coefficient (Wildman–Crippen LogP) is -0.736. The molecule has 0 saturated carbocycles. The molecule has 2 atom stereocenters. The lowest BCUT2D eigenvalue weighted by molar-refractivity contribution is -0.161. The standard InChI is InChI=1S/C15H19N3O6/c1-8(10(14(21)23-2)15(22)24-3)11(12(16)19)18-13(20)9-6-4-5-7-17-9/h4-8,10-11H,1-3H3,(H2,16,19)(H,18,20)/t8-,11+/m1/s1. The Hall–Kier alpha value is -2.97. The van der Waals surface area contributed by atoms with Gasteiger partial charge in [0.2, 0.25) is 5.91 Å². The van der Waals surface area contributed by atoms with Crippen LogP contribution in [0.2, 0.25) is 0 Å². The Balaban J connectivity index is 3.04. The van der Waals surface area contributed by atoms with Gasteiger partial charge in [-0.3, -0.25) is 24.2 Å². The molecule has 0 bridgehead atoms. The van der Waals surface area contributed by atoms with Crippen LogP contribution in [0.15, 0.2) is 24.4 Å². The number of hydrogen-bond acceptors (Lipinski definition) is 7. The zero-order valence-corrected chi connectivity index (χ0v) is 13.5. The van der Waals surface area contributed by atoms with Crippen molar-refractivity contribution >= 4 is 23.8 Å². The van der Waals surface area contributed by atoms with Crippen LogP contribution in [0.3, 0.4) is 0 Å². The van der Waals surface area contributed by atoms with Crippen molar-refractivity contribution in [3.05, 3.63) is 30.1 Å². The predicted molar refractivity (Wildman–Crippen MR) is 81.4 cm³/mol. The number of carbonyl (C=O) groups is 4. The number of ether oxygens (including phenoxy) is 2. The summed E-state index contributed by atoms with van der Waals surface area (Å²) in [6.07, 6.45) is 1.41. The lowest BCUT2D eigenvalue weighted by Crippen LogP contribution is -2.53. The molecule has 0 aliphatic carbocycles. The van der Waals surface area contributed by atoms with E-state index >= 15 is 0 Å². The van der Waals surface area contributed by atoms with Gasteiger partial charge in [-0.15, -0.1) is 0 Å².